The van der Waals surface area contributed by atoms with Gasteiger partial charge in [0.15, 0.2) is 8.24 Å². The van der Waals surface area contributed by atoms with Crippen molar-refractivity contribution in [3.63, 3.8) is 0 Å². The standard InChI is InChI=1S/C33H49N3OSi/c1-24(2)38(25(3)4,26(5)6)36-23-32(27-10-8-7-9-11-27)31-17-14-29(22-33(31)36)34-28-12-15-30(16-13-28)35-18-20-37-21-19-35/h12-17,22-27,34H,7-11,18-21H2,1-6H3. The Labute approximate surface area is 231 Å². The molecule has 2 aliphatic rings. The van der Waals surface area contributed by atoms with E-state index in [1.54, 1.807) is 5.56 Å². The van der Waals surface area contributed by atoms with Crippen LogP contribution in [0.25, 0.3) is 10.9 Å². The van der Waals surface area contributed by atoms with Crippen LogP contribution in [0.3, 0.4) is 0 Å². The van der Waals surface area contributed by atoms with Gasteiger partial charge in [0.05, 0.1) is 13.2 Å². The maximum atomic E-state index is 5.52. The Bertz CT molecular complexity index is 1180. The Morgan fingerprint density at radius 2 is 1.39 bits per heavy atom. The number of benzene rings is 2. The number of fused-ring (bicyclic) bond motifs is 1. The molecule has 2 aromatic carbocycles. The molecule has 2 heterocycles. The van der Waals surface area contributed by atoms with Crippen LogP contribution in [0.4, 0.5) is 17.1 Å². The van der Waals surface area contributed by atoms with E-state index in [0.717, 1.165) is 32.0 Å². The number of ether oxygens (including phenoxy) is 1. The fourth-order valence-electron chi connectivity index (χ4n) is 7.97. The maximum absolute atomic E-state index is 5.52. The second-order valence-corrected chi connectivity index (χ2v) is 18.4. The van der Waals surface area contributed by atoms with Gasteiger partial charge in [-0.3, -0.25) is 0 Å². The lowest BCUT2D eigenvalue weighted by Gasteiger charge is -2.44. The topological polar surface area (TPSA) is 29.4 Å². The van der Waals surface area contributed by atoms with Crippen LogP contribution in [-0.2, 0) is 4.74 Å². The zero-order valence-electron chi connectivity index (χ0n) is 24.6. The monoisotopic (exact) mass is 531 g/mol. The van der Waals surface area contributed by atoms with Gasteiger partial charge in [0.25, 0.3) is 0 Å². The lowest BCUT2D eigenvalue weighted by molar-refractivity contribution is 0.122. The molecule has 2 fully saturated rings. The molecule has 1 saturated carbocycles. The van der Waals surface area contributed by atoms with E-state index < -0.39 is 8.24 Å². The van der Waals surface area contributed by atoms with Crippen LogP contribution in [-0.4, -0.2) is 38.8 Å². The highest BCUT2D eigenvalue weighted by Gasteiger charge is 2.46. The SMILES string of the molecule is CC(C)[Si](C(C)C)(C(C)C)n1cc(C2CCCCC2)c2ccc(Nc3ccc(N4CCOCC4)cc3)cc21. The second-order valence-electron chi connectivity index (χ2n) is 12.6. The summed E-state index contributed by atoms with van der Waals surface area (Å²) >= 11 is 0. The van der Waals surface area contributed by atoms with E-state index in [4.69, 9.17) is 4.74 Å². The third-order valence-electron chi connectivity index (χ3n) is 9.61. The van der Waals surface area contributed by atoms with Gasteiger partial charge >= 0.3 is 0 Å². The number of rotatable bonds is 8. The highest BCUT2D eigenvalue weighted by molar-refractivity contribution is 6.82. The molecule has 4 nitrogen and oxygen atoms in total. The van der Waals surface area contributed by atoms with Crippen LogP contribution in [0.5, 0.6) is 0 Å². The Hall–Kier alpha value is -2.24. The molecule has 1 aliphatic heterocycles. The summed E-state index contributed by atoms with van der Waals surface area (Å²) in [4.78, 5) is 2.41. The molecule has 1 N–H and O–H groups in total. The van der Waals surface area contributed by atoms with Gasteiger partial charge in [-0.15, -0.1) is 0 Å². The minimum atomic E-state index is -1.88. The van der Waals surface area contributed by atoms with Crippen LogP contribution in [0, 0.1) is 0 Å². The minimum absolute atomic E-state index is 0.668. The number of hydrogen-bond donors (Lipinski definition) is 1. The largest absolute Gasteiger partial charge is 0.378 e. The summed E-state index contributed by atoms with van der Waals surface area (Å²) < 4.78 is 8.37. The Morgan fingerprint density at radius 3 is 2.00 bits per heavy atom. The van der Waals surface area contributed by atoms with Crippen molar-refractivity contribution in [2.24, 2.45) is 0 Å². The molecule has 1 aliphatic carbocycles. The lowest BCUT2D eigenvalue weighted by atomic mass is 9.84. The number of nitrogens with one attached hydrogen (secondary N) is 1. The first-order valence-electron chi connectivity index (χ1n) is 15.2. The molecule has 0 spiro atoms. The van der Waals surface area contributed by atoms with E-state index in [2.05, 4.69) is 105 Å². The lowest BCUT2D eigenvalue weighted by Crippen LogP contribution is -2.51. The molecule has 0 amide bonds. The fraction of sp³-hybridized carbons (Fsp3) is 0.576. The van der Waals surface area contributed by atoms with Crippen molar-refractivity contribution >= 4 is 36.2 Å². The number of morpholine rings is 1. The molecule has 1 saturated heterocycles. The van der Waals surface area contributed by atoms with E-state index in [1.807, 2.05) is 0 Å². The van der Waals surface area contributed by atoms with Gasteiger partial charge in [-0.05, 0) is 83.5 Å². The number of nitrogens with zero attached hydrogens (tertiary/aromatic N) is 2. The van der Waals surface area contributed by atoms with Gasteiger partial charge in [-0.1, -0.05) is 66.9 Å². The van der Waals surface area contributed by atoms with Crippen molar-refractivity contribution in [2.75, 3.05) is 36.5 Å². The molecular weight excluding hydrogens is 482 g/mol. The fourth-order valence-corrected chi connectivity index (χ4v) is 14.6. The normalized spacial score (nSPS) is 17.8. The first kappa shape index (κ1) is 27.3. The molecule has 5 heteroatoms. The van der Waals surface area contributed by atoms with Crippen molar-refractivity contribution in [3.05, 3.63) is 54.2 Å². The highest BCUT2D eigenvalue weighted by Crippen LogP contribution is 2.47. The first-order chi connectivity index (χ1) is 18.3. The van der Waals surface area contributed by atoms with Crippen LogP contribution in [0.15, 0.2) is 48.7 Å². The highest BCUT2D eigenvalue weighted by atomic mass is 28.3. The van der Waals surface area contributed by atoms with Crippen LogP contribution >= 0.6 is 0 Å². The van der Waals surface area contributed by atoms with Crippen molar-refractivity contribution in [2.45, 2.75) is 96.2 Å². The summed E-state index contributed by atoms with van der Waals surface area (Å²) in [5, 5.41) is 5.23. The first-order valence-corrected chi connectivity index (χ1v) is 17.4. The quantitative estimate of drug-likeness (QED) is 0.294. The molecule has 0 bridgehead atoms. The zero-order valence-corrected chi connectivity index (χ0v) is 25.6. The Balaban J connectivity index is 1.54. The van der Waals surface area contributed by atoms with E-state index in [-0.39, 0.29) is 0 Å². The van der Waals surface area contributed by atoms with E-state index in [1.165, 1.54) is 54.4 Å². The average Bonchev–Trinajstić information content (AvgIpc) is 3.29. The molecule has 206 valence electrons. The Morgan fingerprint density at radius 1 is 0.789 bits per heavy atom. The van der Waals surface area contributed by atoms with Crippen LogP contribution < -0.4 is 10.2 Å². The predicted octanol–water partition coefficient (Wildman–Crippen LogP) is 9.29. The van der Waals surface area contributed by atoms with Gasteiger partial charge in [0.1, 0.15) is 0 Å². The molecule has 5 rings (SSSR count). The second kappa shape index (κ2) is 11.5. The number of aromatic nitrogens is 1. The van der Waals surface area contributed by atoms with Crippen molar-refractivity contribution < 1.29 is 4.74 Å². The third-order valence-corrected chi connectivity index (χ3v) is 16.4. The number of hydrogen-bond acceptors (Lipinski definition) is 3. The van der Waals surface area contributed by atoms with Gasteiger partial charge in [0.2, 0.25) is 0 Å². The van der Waals surface area contributed by atoms with Crippen LogP contribution in [0.2, 0.25) is 16.6 Å². The third kappa shape index (κ3) is 5.04. The zero-order chi connectivity index (χ0) is 26.9. The molecule has 0 unspecified atom stereocenters. The molecule has 0 radical (unpaired) electrons. The van der Waals surface area contributed by atoms with Crippen LogP contribution in [0.1, 0.15) is 85.1 Å². The maximum Gasteiger partial charge on any atom is 0.169 e. The summed E-state index contributed by atoms with van der Waals surface area (Å²) in [5.41, 5.74) is 8.67. The van der Waals surface area contributed by atoms with Gasteiger partial charge < -0.3 is 19.2 Å². The van der Waals surface area contributed by atoms with Gasteiger partial charge in [-0.2, -0.15) is 0 Å². The molecule has 0 atom stereocenters. The van der Waals surface area contributed by atoms with Crippen molar-refractivity contribution in [1.82, 2.24) is 4.23 Å². The summed E-state index contributed by atoms with van der Waals surface area (Å²) in [5.74, 6) is 0.706. The predicted molar refractivity (Wildman–Crippen MR) is 167 cm³/mol. The van der Waals surface area contributed by atoms with E-state index >= 15 is 0 Å². The molecular formula is C33H49N3OSi. The number of anilines is 3. The van der Waals surface area contributed by atoms with Crippen molar-refractivity contribution in [3.8, 4) is 0 Å². The summed E-state index contributed by atoms with van der Waals surface area (Å²) in [7, 11) is -1.88. The van der Waals surface area contributed by atoms with Gasteiger partial charge in [0, 0.05) is 41.1 Å². The minimum Gasteiger partial charge on any atom is -0.378 e. The average molecular weight is 532 g/mol. The summed E-state index contributed by atoms with van der Waals surface area (Å²) in [6, 6.07) is 16.1. The summed E-state index contributed by atoms with van der Waals surface area (Å²) in [6.45, 7) is 18.5. The summed E-state index contributed by atoms with van der Waals surface area (Å²) in [6.07, 6.45) is 9.46. The van der Waals surface area contributed by atoms with Crippen molar-refractivity contribution in [1.29, 1.82) is 0 Å². The molecule has 38 heavy (non-hydrogen) atoms. The molecule has 1 aromatic heterocycles. The van der Waals surface area contributed by atoms with E-state index in [0.29, 0.717) is 22.5 Å². The Kier molecular flexibility index (Phi) is 8.25. The van der Waals surface area contributed by atoms with E-state index in [9.17, 15) is 0 Å². The van der Waals surface area contributed by atoms with Gasteiger partial charge in [-0.25, -0.2) is 0 Å². The molecule has 3 aromatic rings. The smallest absolute Gasteiger partial charge is 0.169 e.